The zero-order valence-corrected chi connectivity index (χ0v) is 16.9. The number of benzene rings is 2. The Morgan fingerprint density at radius 3 is 2.80 bits per heavy atom. The van der Waals surface area contributed by atoms with Gasteiger partial charge in [-0.1, -0.05) is 0 Å². The van der Waals surface area contributed by atoms with Gasteiger partial charge in [-0.25, -0.2) is 13.2 Å². The van der Waals surface area contributed by atoms with E-state index in [9.17, 15) is 13.2 Å². The van der Waals surface area contributed by atoms with Gasteiger partial charge in [0.2, 0.25) is 0 Å². The summed E-state index contributed by atoms with van der Waals surface area (Å²) >= 11 is 1.33. The van der Waals surface area contributed by atoms with E-state index in [1.165, 1.54) is 33.8 Å². The van der Waals surface area contributed by atoms with Crippen molar-refractivity contribution in [3.05, 3.63) is 64.0 Å². The predicted molar refractivity (Wildman–Crippen MR) is 111 cm³/mol. The third kappa shape index (κ3) is 2.96. The van der Waals surface area contributed by atoms with Crippen molar-refractivity contribution < 1.29 is 17.6 Å². The molecule has 0 saturated heterocycles. The molecule has 30 heavy (non-hydrogen) atoms. The fraction of sp³-hybridized carbons (Fsp3) is 0.100. The van der Waals surface area contributed by atoms with E-state index in [0.29, 0.717) is 21.8 Å². The van der Waals surface area contributed by atoms with E-state index in [1.54, 1.807) is 18.2 Å². The van der Waals surface area contributed by atoms with Gasteiger partial charge in [-0.15, -0.1) is 11.3 Å². The fourth-order valence-electron chi connectivity index (χ4n) is 3.37. The van der Waals surface area contributed by atoms with Gasteiger partial charge < -0.3 is 9.15 Å². The molecule has 3 heterocycles. The fourth-order valence-corrected chi connectivity index (χ4v) is 5.65. The Morgan fingerprint density at radius 1 is 1.13 bits per heavy atom. The first kappa shape index (κ1) is 18.5. The molecular formula is C20H13N3O5S2. The highest BCUT2D eigenvalue weighted by Crippen LogP contribution is 2.40. The molecule has 10 heteroatoms. The number of rotatable bonds is 3. The second-order valence-corrected chi connectivity index (χ2v) is 9.50. The molecule has 0 saturated carbocycles. The number of nitrogens with zero attached hydrogens (tertiary/aromatic N) is 2. The van der Waals surface area contributed by atoms with Crippen molar-refractivity contribution in [3.8, 4) is 22.3 Å². The molecule has 8 nitrogen and oxygen atoms in total. The topological polar surface area (TPSA) is 116 Å². The largest absolute Gasteiger partial charge is 0.489 e. The summed E-state index contributed by atoms with van der Waals surface area (Å²) in [5.74, 6) is -0.183. The van der Waals surface area contributed by atoms with E-state index in [0.717, 1.165) is 10.4 Å². The number of thiophene rings is 1. The standard InChI is InChI=1S/C20H13N3O5S2/c21-11-13-2-6-19(29-13)12-1-4-18-16(9-12)23(7-8-27-18)30(25,26)14-3-5-17-15(10-14)22-20(24)28-17/h1-6,9-10H,7-8H2,(H,22,24). The van der Waals surface area contributed by atoms with Crippen LogP contribution in [0.2, 0.25) is 0 Å². The van der Waals surface area contributed by atoms with Gasteiger partial charge in [0.25, 0.3) is 10.0 Å². The van der Waals surface area contributed by atoms with Crippen molar-refractivity contribution in [2.45, 2.75) is 4.90 Å². The normalized spacial score (nSPS) is 13.6. The highest BCUT2D eigenvalue weighted by atomic mass is 32.2. The third-order valence-electron chi connectivity index (χ3n) is 4.76. The minimum Gasteiger partial charge on any atom is -0.489 e. The molecule has 0 fully saturated rings. The van der Waals surface area contributed by atoms with Gasteiger partial charge in [-0.05, 0) is 54.1 Å². The number of hydrogen-bond acceptors (Lipinski definition) is 7. The monoisotopic (exact) mass is 439 g/mol. The second-order valence-electron chi connectivity index (χ2n) is 6.56. The zero-order chi connectivity index (χ0) is 20.9. The van der Waals surface area contributed by atoms with E-state index in [1.807, 2.05) is 12.1 Å². The Hall–Kier alpha value is -3.55. The number of fused-ring (bicyclic) bond motifs is 2. The number of nitrogens with one attached hydrogen (secondary N) is 1. The summed E-state index contributed by atoms with van der Waals surface area (Å²) in [6.45, 7) is 0.362. The number of hydrogen-bond donors (Lipinski definition) is 1. The number of sulfonamides is 1. The average Bonchev–Trinajstić information content (AvgIpc) is 3.37. The first-order chi connectivity index (χ1) is 14.5. The molecule has 0 spiro atoms. The highest BCUT2D eigenvalue weighted by Gasteiger charge is 2.31. The summed E-state index contributed by atoms with van der Waals surface area (Å²) in [6, 6.07) is 15.2. The minimum atomic E-state index is -3.92. The Kier molecular flexibility index (Phi) is 4.16. The number of aromatic amines is 1. The van der Waals surface area contributed by atoms with Crippen LogP contribution in [-0.2, 0) is 10.0 Å². The van der Waals surface area contributed by atoms with Crippen LogP contribution in [0.15, 0.2) is 62.6 Å². The van der Waals surface area contributed by atoms with Gasteiger partial charge in [-0.3, -0.25) is 9.29 Å². The highest BCUT2D eigenvalue weighted by molar-refractivity contribution is 7.92. The van der Waals surface area contributed by atoms with Crippen molar-refractivity contribution in [3.63, 3.8) is 0 Å². The molecule has 1 aliphatic rings. The Labute approximate surface area is 174 Å². The quantitative estimate of drug-likeness (QED) is 0.523. The summed E-state index contributed by atoms with van der Waals surface area (Å²) < 4.78 is 38.7. The van der Waals surface area contributed by atoms with Gasteiger partial charge in [0, 0.05) is 4.88 Å². The molecule has 2 aromatic heterocycles. The molecule has 0 radical (unpaired) electrons. The van der Waals surface area contributed by atoms with Gasteiger partial charge in [-0.2, -0.15) is 5.26 Å². The van der Waals surface area contributed by atoms with Crippen molar-refractivity contribution in [1.82, 2.24) is 4.98 Å². The molecule has 0 atom stereocenters. The number of ether oxygens (including phenoxy) is 1. The van der Waals surface area contributed by atoms with Crippen LogP contribution in [0.1, 0.15) is 4.88 Å². The Bertz CT molecular complexity index is 1490. The van der Waals surface area contributed by atoms with Crippen LogP contribution in [0, 0.1) is 11.3 Å². The number of H-pyrrole nitrogens is 1. The smallest absolute Gasteiger partial charge is 0.417 e. The van der Waals surface area contributed by atoms with E-state index in [-0.39, 0.29) is 23.6 Å². The van der Waals surface area contributed by atoms with Crippen LogP contribution < -0.4 is 14.8 Å². The van der Waals surface area contributed by atoms with Gasteiger partial charge in [0.15, 0.2) is 5.58 Å². The zero-order valence-electron chi connectivity index (χ0n) is 15.3. The maximum atomic E-state index is 13.4. The molecule has 0 aliphatic carbocycles. The second kappa shape index (κ2) is 6.76. The number of anilines is 1. The van der Waals surface area contributed by atoms with E-state index in [4.69, 9.17) is 14.4 Å². The predicted octanol–water partition coefficient (Wildman–Crippen LogP) is 3.31. The van der Waals surface area contributed by atoms with Crippen LogP contribution in [-0.4, -0.2) is 26.6 Å². The molecule has 1 aliphatic heterocycles. The molecule has 150 valence electrons. The average molecular weight is 439 g/mol. The lowest BCUT2D eigenvalue weighted by Gasteiger charge is -2.30. The lowest BCUT2D eigenvalue weighted by molar-refractivity contribution is 0.316. The maximum absolute atomic E-state index is 13.4. The van der Waals surface area contributed by atoms with Gasteiger partial charge >= 0.3 is 5.76 Å². The molecule has 0 unspecified atom stereocenters. The van der Waals surface area contributed by atoms with Crippen LogP contribution >= 0.6 is 11.3 Å². The molecule has 4 aromatic rings. The van der Waals surface area contributed by atoms with Crippen LogP contribution in [0.25, 0.3) is 21.5 Å². The SMILES string of the molecule is N#Cc1ccc(-c2ccc3c(c2)N(S(=O)(=O)c2ccc4oc(=O)[nH]c4c2)CCO3)s1. The van der Waals surface area contributed by atoms with Crippen LogP contribution in [0.5, 0.6) is 5.75 Å². The molecular weight excluding hydrogens is 426 g/mol. The lowest BCUT2D eigenvalue weighted by Crippen LogP contribution is -2.37. The lowest BCUT2D eigenvalue weighted by atomic mass is 10.1. The summed E-state index contributed by atoms with van der Waals surface area (Å²) in [7, 11) is -3.92. The Balaban J connectivity index is 1.60. The molecule has 2 aromatic carbocycles. The van der Waals surface area contributed by atoms with Gasteiger partial charge in [0.1, 0.15) is 23.3 Å². The number of nitriles is 1. The van der Waals surface area contributed by atoms with Crippen molar-refractivity contribution in [2.75, 3.05) is 17.5 Å². The molecule has 0 bridgehead atoms. The molecule has 0 amide bonds. The van der Waals surface area contributed by atoms with Crippen molar-refractivity contribution >= 4 is 38.1 Å². The van der Waals surface area contributed by atoms with Crippen molar-refractivity contribution in [2.24, 2.45) is 0 Å². The number of oxazole rings is 1. The first-order valence-corrected chi connectivity index (χ1v) is 11.1. The third-order valence-corrected chi connectivity index (χ3v) is 7.61. The van der Waals surface area contributed by atoms with E-state index >= 15 is 0 Å². The molecule has 1 N–H and O–H groups in total. The van der Waals surface area contributed by atoms with E-state index < -0.39 is 15.8 Å². The Morgan fingerprint density at radius 2 is 2.00 bits per heavy atom. The maximum Gasteiger partial charge on any atom is 0.417 e. The number of aromatic nitrogens is 1. The van der Waals surface area contributed by atoms with Crippen LogP contribution in [0.3, 0.4) is 0 Å². The van der Waals surface area contributed by atoms with Crippen LogP contribution in [0.4, 0.5) is 5.69 Å². The van der Waals surface area contributed by atoms with E-state index in [2.05, 4.69) is 11.1 Å². The molecule has 5 rings (SSSR count). The summed E-state index contributed by atoms with van der Waals surface area (Å²) in [5, 5.41) is 9.07. The summed E-state index contributed by atoms with van der Waals surface area (Å²) in [5.41, 5.74) is 1.81. The summed E-state index contributed by atoms with van der Waals surface area (Å²) in [4.78, 5) is 15.3. The van der Waals surface area contributed by atoms with Gasteiger partial charge in [0.05, 0.1) is 22.6 Å². The van der Waals surface area contributed by atoms with Crippen molar-refractivity contribution in [1.29, 1.82) is 5.26 Å². The minimum absolute atomic E-state index is 0.0354. The summed E-state index contributed by atoms with van der Waals surface area (Å²) in [6.07, 6.45) is 0. The first-order valence-electron chi connectivity index (χ1n) is 8.88.